The van der Waals surface area contributed by atoms with E-state index in [0.717, 1.165) is 5.56 Å². The molecular formula is C31H34ClN3O5S. The number of Topliss-reactive ketones (excluding diaryl/α,β-unsaturated/α-hetero) is 1. The van der Waals surface area contributed by atoms with E-state index in [1.54, 1.807) is 55.5 Å². The molecule has 1 saturated heterocycles. The first kappa shape index (κ1) is 30.6. The number of nitrogens with one attached hydrogen (secondary N) is 1. The molecule has 4 rings (SSSR count). The van der Waals surface area contributed by atoms with Gasteiger partial charge in [0.05, 0.1) is 11.8 Å². The van der Waals surface area contributed by atoms with Crippen molar-refractivity contribution in [3.8, 4) is 5.75 Å². The lowest BCUT2D eigenvalue weighted by atomic mass is 9.81. The van der Waals surface area contributed by atoms with Gasteiger partial charge in [-0.2, -0.15) is 0 Å². The molecule has 1 aliphatic rings. The van der Waals surface area contributed by atoms with Gasteiger partial charge in [-0.05, 0) is 44.0 Å². The highest BCUT2D eigenvalue weighted by Gasteiger charge is 2.51. The monoisotopic (exact) mass is 595 g/mol. The van der Waals surface area contributed by atoms with Crippen molar-refractivity contribution in [1.29, 1.82) is 0 Å². The van der Waals surface area contributed by atoms with E-state index < -0.39 is 46.5 Å². The number of phenolic OH excluding ortho intramolecular Hbond substituents is 1. The number of hydrogen-bond donors (Lipinski definition) is 4. The largest absolute Gasteiger partial charge is 0.508 e. The number of benzene rings is 3. The van der Waals surface area contributed by atoms with Crippen LogP contribution >= 0.6 is 23.4 Å². The highest BCUT2D eigenvalue weighted by atomic mass is 35.5. The summed E-state index contributed by atoms with van der Waals surface area (Å²) in [5.41, 5.74) is 8.32. The maximum Gasteiger partial charge on any atom is 0.253 e. The van der Waals surface area contributed by atoms with Crippen molar-refractivity contribution < 1.29 is 24.6 Å². The van der Waals surface area contributed by atoms with E-state index in [1.165, 1.54) is 34.9 Å². The lowest BCUT2D eigenvalue weighted by molar-refractivity contribution is -0.148. The van der Waals surface area contributed by atoms with Crippen LogP contribution in [0.1, 0.15) is 46.9 Å². The minimum Gasteiger partial charge on any atom is -0.508 e. The predicted octanol–water partition coefficient (Wildman–Crippen LogP) is 4.21. The van der Waals surface area contributed by atoms with Gasteiger partial charge < -0.3 is 26.2 Å². The van der Waals surface area contributed by atoms with Crippen molar-refractivity contribution in [2.45, 2.75) is 50.3 Å². The Labute approximate surface area is 248 Å². The van der Waals surface area contributed by atoms with Crippen LogP contribution in [0, 0.1) is 12.8 Å². The number of aromatic hydroxyl groups is 1. The molecular weight excluding hydrogens is 562 g/mol. The second kappa shape index (κ2) is 12.7. The lowest BCUT2D eigenvalue weighted by Crippen LogP contribution is -2.57. The average molecular weight is 596 g/mol. The van der Waals surface area contributed by atoms with E-state index in [-0.39, 0.29) is 23.7 Å². The van der Waals surface area contributed by atoms with Crippen LogP contribution in [-0.4, -0.2) is 55.5 Å². The minimum atomic E-state index is -1.85. The van der Waals surface area contributed by atoms with Gasteiger partial charge in [0, 0.05) is 33.5 Å². The summed E-state index contributed by atoms with van der Waals surface area (Å²) in [5, 5.41) is 25.2. The first-order chi connectivity index (χ1) is 19.4. The Kier molecular flexibility index (Phi) is 9.44. The van der Waals surface area contributed by atoms with Crippen LogP contribution in [0.5, 0.6) is 5.75 Å². The number of carbonyl (C=O) groups is 3. The normalized spacial score (nSPS) is 18.4. The smallest absolute Gasteiger partial charge is 0.253 e. The number of hydrogen-bond acceptors (Lipinski definition) is 7. The molecule has 0 spiro atoms. The van der Waals surface area contributed by atoms with Gasteiger partial charge in [-0.25, -0.2) is 0 Å². The topological polar surface area (TPSA) is 133 Å². The Morgan fingerprint density at radius 2 is 1.73 bits per heavy atom. The molecule has 41 heavy (non-hydrogen) atoms. The fourth-order valence-electron chi connectivity index (χ4n) is 5.11. The van der Waals surface area contributed by atoms with E-state index in [2.05, 4.69) is 5.32 Å². The summed E-state index contributed by atoms with van der Waals surface area (Å²) >= 11 is 7.65. The van der Waals surface area contributed by atoms with Crippen molar-refractivity contribution in [3.63, 3.8) is 0 Å². The molecule has 10 heteroatoms. The summed E-state index contributed by atoms with van der Waals surface area (Å²) in [4.78, 5) is 42.6. The van der Waals surface area contributed by atoms with Gasteiger partial charge in [0.2, 0.25) is 5.91 Å². The standard InChI is InChI=1S/C31H34ClN3O5S/c1-18-21(13-9-15-23(18)36)26(37)24(25(33)19-10-5-4-6-11-19)27(38)30(40)35-17-41-31(2,3)28(35)29(39)34-16-20-12-7-8-14-22(20)32/h4-15,24-25,27-28,36,38H,16-17,33H2,1-3H3,(H,34,39)/t24?,25?,27?,28-/m1/s1. The third kappa shape index (κ3) is 6.43. The second-order valence-corrected chi connectivity index (χ2v) is 12.6. The summed E-state index contributed by atoms with van der Waals surface area (Å²) in [5.74, 6) is -3.09. The number of thioether (sulfide) groups is 1. The fourth-order valence-corrected chi connectivity index (χ4v) is 6.46. The first-order valence-corrected chi connectivity index (χ1v) is 14.6. The van der Waals surface area contributed by atoms with E-state index in [1.807, 2.05) is 19.9 Å². The average Bonchev–Trinajstić information content (AvgIpc) is 3.28. The van der Waals surface area contributed by atoms with Crippen LogP contribution in [-0.2, 0) is 16.1 Å². The van der Waals surface area contributed by atoms with Crippen molar-refractivity contribution in [2.24, 2.45) is 11.7 Å². The molecule has 0 bridgehead atoms. The molecule has 0 aromatic heterocycles. The molecule has 3 aromatic carbocycles. The molecule has 216 valence electrons. The third-order valence-corrected chi connectivity index (χ3v) is 9.27. The number of nitrogens with zero attached hydrogens (tertiary/aromatic N) is 1. The molecule has 1 heterocycles. The highest BCUT2D eigenvalue weighted by molar-refractivity contribution is 8.00. The van der Waals surface area contributed by atoms with Crippen LogP contribution in [0.4, 0.5) is 0 Å². The zero-order chi connectivity index (χ0) is 29.9. The predicted molar refractivity (Wildman–Crippen MR) is 161 cm³/mol. The quantitative estimate of drug-likeness (QED) is 0.272. The lowest BCUT2D eigenvalue weighted by Gasteiger charge is -2.34. The van der Waals surface area contributed by atoms with Gasteiger partial charge in [0.25, 0.3) is 5.91 Å². The molecule has 1 fully saturated rings. The Morgan fingerprint density at radius 3 is 2.41 bits per heavy atom. The number of carbonyl (C=O) groups excluding carboxylic acids is 3. The maximum atomic E-state index is 13.9. The third-order valence-electron chi connectivity index (χ3n) is 7.53. The summed E-state index contributed by atoms with van der Waals surface area (Å²) in [6, 6.07) is 18.4. The van der Waals surface area contributed by atoms with Gasteiger partial charge in [0.1, 0.15) is 17.9 Å². The van der Waals surface area contributed by atoms with E-state index in [4.69, 9.17) is 17.3 Å². The van der Waals surface area contributed by atoms with Crippen LogP contribution in [0.25, 0.3) is 0 Å². The molecule has 0 radical (unpaired) electrons. The summed E-state index contributed by atoms with van der Waals surface area (Å²) in [7, 11) is 0. The Balaban J connectivity index is 1.65. The minimum absolute atomic E-state index is 0.0864. The second-order valence-electron chi connectivity index (χ2n) is 10.6. The first-order valence-electron chi connectivity index (χ1n) is 13.2. The molecule has 2 amide bonds. The molecule has 3 unspecified atom stereocenters. The molecule has 5 N–H and O–H groups in total. The molecule has 3 aromatic rings. The van der Waals surface area contributed by atoms with Crippen LogP contribution in [0.15, 0.2) is 72.8 Å². The number of aliphatic hydroxyl groups is 1. The van der Waals surface area contributed by atoms with Crippen LogP contribution in [0.2, 0.25) is 5.02 Å². The van der Waals surface area contributed by atoms with Gasteiger partial charge in [-0.15, -0.1) is 11.8 Å². The van der Waals surface area contributed by atoms with Gasteiger partial charge in [-0.3, -0.25) is 14.4 Å². The van der Waals surface area contributed by atoms with Crippen LogP contribution in [0.3, 0.4) is 0 Å². The van der Waals surface area contributed by atoms with Gasteiger partial charge in [-0.1, -0.05) is 72.3 Å². The molecule has 4 atom stereocenters. The number of phenols is 1. The molecule has 0 saturated carbocycles. The number of halogens is 1. The molecule has 0 aliphatic carbocycles. The zero-order valence-electron chi connectivity index (χ0n) is 23.1. The Bertz CT molecular complexity index is 1430. The molecule has 1 aliphatic heterocycles. The number of ketones is 1. The summed E-state index contributed by atoms with van der Waals surface area (Å²) in [6.07, 6.45) is -1.85. The van der Waals surface area contributed by atoms with Gasteiger partial charge >= 0.3 is 0 Å². The van der Waals surface area contributed by atoms with Crippen molar-refractivity contribution in [2.75, 3.05) is 5.88 Å². The van der Waals surface area contributed by atoms with Crippen molar-refractivity contribution >= 4 is 41.0 Å². The summed E-state index contributed by atoms with van der Waals surface area (Å²) in [6.45, 7) is 5.45. The number of nitrogens with two attached hydrogens (primary N) is 1. The van der Waals surface area contributed by atoms with E-state index >= 15 is 0 Å². The number of aliphatic hydroxyl groups excluding tert-OH is 1. The number of amides is 2. The van der Waals surface area contributed by atoms with E-state index in [9.17, 15) is 24.6 Å². The van der Waals surface area contributed by atoms with Gasteiger partial charge in [0.15, 0.2) is 5.78 Å². The van der Waals surface area contributed by atoms with E-state index in [0.29, 0.717) is 16.1 Å². The summed E-state index contributed by atoms with van der Waals surface area (Å²) < 4.78 is -0.678. The molecule has 8 nitrogen and oxygen atoms in total. The highest BCUT2D eigenvalue weighted by Crippen LogP contribution is 2.41. The Morgan fingerprint density at radius 1 is 1.07 bits per heavy atom. The zero-order valence-corrected chi connectivity index (χ0v) is 24.7. The van der Waals surface area contributed by atoms with Crippen LogP contribution < -0.4 is 11.1 Å². The van der Waals surface area contributed by atoms with Crippen molar-refractivity contribution in [3.05, 3.63) is 100 Å². The number of rotatable bonds is 9. The fraction of sp³-hybridized carbons (Fsp3) is 0.323. The maximum absolute atomic E-state index is 13.9. The Hall–Kier alpha value is -3.37. The SMILES string of the molecule is Cc1c(O)cccc1C(=O)C(C(O)C(=O)N1CSC(C)(C)[C@H]1C(=O)NCc1ccccc1Cl)C(N)c1ccccc1. The van der Waals surface area contributed by atoms with Crippen molar-refractivity contribution in [1.82, 2.24) is 10.2 Å².